The summed E-state index contributed by atoms with van der Waals surface area (Å²) in [5.41, 5.74) is 2.13. The summed E-state index contributed by atoms with van der Waals surface area (Å²) in [5, 5.41) is 9.26. The molecule has 0 saturated carbocycles. The van der Waals surface area contributed by atoms with Crippen molar-refractivity contribution in [3.05, 3.63) is 35.7 Å². The van der Waals surface area contributed by atoms with Crippen LogP contribution in [0.3, 0.4) is 0 Å². The number of benzene rings is 1. The van der Waals surface area contributed by atoms with Crippen LogP contribution in [0.1, 0.15) is 29.1 Å². The van der Waals surface area contributed by atoms with Crippen molar-refractivity contribution in [3.63, 3.8) is 0 Å². The van der Waals surface area contributed by atoms with Crippen LogP contribution in [0, 0.1) is 0 Å². The summed E-state index contributed by atoms with van der Waals surface area (Å²) in [6.45, 7) is 5.71. The highest BCUT2D eigenvalue weighted by molar-refractivity contribution is 5.90. The number of aromatic nitrogens is 3. The number of aromatic amines is 1. The zero-order chi connectivity index (χ0) is 16.2. The predicted octanol–water partition coefficient (Wildman–Crippen LogP) is 1.22. The fourth-order valence-corrected chi connectivity index (χ4v) is 2.70. The quantitative estimate of drug-likeness (QED) is 0.886. The molecule has 1 unspecified atom stereocenters. The molecule has 7 heteroatoms. The molecule has 0 bridgehead atoms. The first-order chi connectivity index (χ1) is 11.2. The van der Waals surface area contributed by atoms with Gasteiger partial charge >= 0.3 is 0 Å². The van der Waals surface area contributed by atoms with E-state index >= 15 is 0 Å². The van der Waals surface area contributed by atoms with E-state index in [2.05, 4.69) is 44.5 Å². The Balaban J connectivity index is 1.73. The number of morpholine rings is 1. The van der Waals surface area contributed by atoms with Crippen LogP contribution in [0.4, 0.5) is 0 Å². The van der Waals surface area contributed by atoms with Crippen LogP contribution in [-0.2, 0) is 4.74 Å². The molecule has 3 rings (SSSR count). The van der Waals surface area contributed by atoms with Crippen molar-refractivity contribution in [1.82, 2.24) is 25.4 Å². The fourth-order valence-electron chi connectivity index (χ4n) is 2.70. The second-order valence-electron chi connectivity index (χ2n) is 5.53. The molecule has 0 radical (unpaired) electrons. The minimum Gasteiger partial charge on any atom is -0.379 e. The summed E-state index contributed by atoms with van der Waals surface area (Å²) in [6, 6.07) is 8.50. The predicted molar refractivity (Wildman–Crippen MR) is 86.0 cm³/mol. The molecule has 1 aromatic carbocycles. The maximum absolute atomic E-state index is 11.5. The van der Waals surface area contributed by atoms with Crippen molar-refractivity contribution in [2.45, 2.75) is 13.0 Å². The Labute approximate surface area is 135 Å². The Morgan fingerprint density at radius 1 is 1.30 bits per heavy atom. The SMILES string of the molecule is CNC(=O)c1nc(-c2ccc(C(C)N3CCOCC3)cc2)n[nH]1. The van der Waals surface area contributed by atoms with Crippen LogP contribution in [0.15, 0.2) is 24.3 Å². The second-order valence-corrected chi connectivity index (χ2v) is 5.53. The molecule has 0 spiro atoms. The largest absolute Gasteiger partial charge is 0.379 e. The van der Waals surface area contributed by atoms with Crippen LogP contribution in [0.25, 0.3) is 11.4 Å². The summed E-state index contributed by atoms with van der Waals surface area (Å²) in [6.07, 6.45) is 0. The van der Waals surface area contributed by atoms with Gasteiger partial charge in [-0.1, -0.05) is 24.3 Å². The van der Waals surface area contributed by atoms with Crippen LogP contribution in [0.5, 0.6) is 0 Å². The Morgan fingerprint density at radius 2 is 2.00 bits per heavy atom. The number of hydrogen-bond donors (Lipinski definition) is 2. The van der Waals surface area contributed by atoms with E-state index in [4.69, 9.17) is 4.74 Å². The highest BCUT2D eigenvalue weighted by atomic mass is 16.5. The minimum atomic E-state index is -0.277. The van der Waals surface area contributed by atoms with Crippen LogP contribution >= 0.6 is 0 Å². The van der Waals surface area contributed by atoms with Gasteiger partial charge in [-0.05, 0) is 12.5 Å². The van der Waals surface area contributed by atoms with Crippen molar-refractivity contribution >= 4 is 5.91 Å². The second kappa shape index (κ2) is 6.89. The van der Waals surface area contributed by atoms with Gasteiger partial charge < -0.3 is 10.1 Å². The lowest BCUT2D eigenvalue weighted by Crippen LogP contribution is -2.37. The van der Waals surface area contributed by atoms with Crippen molar-refractivity contribution in [2.75, 3.05) is 33.4 Å². The molecule has 1 aromatic heterocycles. The van der Waals surface area contributed by atoms with E-state index in [0.717, 1.165) is 31.9 Å². The lowest BCUT2D eigenvalue weighted by Gasteiger charge is -2.32. The van der Waals surface area contributed by atoms with Gasteiger partial charge in [0.05, 0.1) is 13.2 Å². The van der Waals surface area contributed by atoms with Gasteiger partial charge in [-0.3, -0.25) is 14.8 Å². The number of carbonyl (C=O) groups is 1. The lowest BCUT2D eigenvalue weighted by atomic mass is 10.0. The van der Waals surface area contributed by atoms with Gasteiger partial charge in [0.2, 0.25) is 5.82 Å². The number of amides is 1. The molecule has 2 N–H and O–H groups in total. The number of hydrogen-bond acceptors (Lipinski definition) is 5. The minimum absolute atomic E-state index is 0.216. The molecular formula is C16H21N5O2. The third-order valence-corrected chi connectivity index (χ3v) is 4.17. The molecular weight excluding hydrogens is 294 g/mol. The number of ether oxygens (including phenoxy) is 1. The molecule has 23 heavy (non-hydrogen) atoms. The molecule has 2 heterocycles. The first-order valence-electron chi connectivity index (χ1n) is 7.75. The molecule has 2 aromatic rings. The van der Waals surface area contributed by atoms with Crippen LogP contribution in [0.2, 0.25) is 0 Å². The number of rotatable bonds is 4. The number of H-pyrrole nitrogens is 1. The Kier molecular flexibility index (Phi) is 4.68. The van der Waals surface area contributed by atoms with E-state index in [1.807, 2.05) is 12.1 Å². The molecule has 1 aliphatic rings. The molecule has 122 valence electrons. The maximum Gasteiger partial charge on any atom is 0.288 e. The van der Waals surface area contributed by atoms with E-state index in [9.17, 15) is 4.79 Å². The van der Waals surface area contributed by atoms with Gasteiger partial charge in [-0.2, -0.15) is 5.10 Å². The summed E-state index contributed by atoms with van der Waals surface area (Å²) < 4.78 is 5.40. The topological polar surface area (TPSA) is 83.1 Å². The van der Waals surface area contributed by atoms with Crippen molar-refractivity contribution in [3.8, 4) is 11.4 Å². The van der Waals surface area contributed by atoms with Crippen molar-refractivity contribution in [1.29, 1.82) is 0 Å². The molecule has 1 aliphatic heterocycles. The molecule has 1 amide bonds. The van der Waals surface area contributed by atoms with E-state index in [-0.39, 0.29) is 11.7 Å². The summed E-state index contributed by atoms with van der Waals surface area (Å²) in [5.74, 6) is 0.462. The number of nitrogens with zero attached hydrogens (tertiary/aromatic N) is 3. The third kappa shape index (κ3) is 3.40. The first-order valence-corrected chi connectivity index (χ1v) is 7.75. The normalized spacial score (nSPS) is 17.0. The average molecular weight is 315 g/mol. The van der Waals surface area contributed by atoms with Crippen LogP contribution in [-0.4, -0.2) is 59.3 Å². The summed E-state index contributed by atoms with van der Waals surface area (Å²) in [7, 11) is 1.56. The van der Waals surface area contributed by atoms with Gasteiger partial charge in [-0.15, -0.1) is 0 Å². The van der Waals surface area contributed by atoms with Gasteiger partial charge in [0.1, 0.15) is 0 Å². The maximum atomic E-state index is 11.5. The highest BCUT2D eigenvalue weighted by Crippen LogP contribution is 2.23. The zero-order valence-electron chi connectivity index (χ0n) is 13.4. The summed E-state index contributed by atoms with van der Waals surface area (Å²) >= 11 is 0. The van der Waals surface area contributed by atoms with Gasteiger partial charge in [0.25, 0.3) is 5.91 Å². The van der Waals surface area contributed by atoms with E-state index in [1.165, 1.54) is 5.56 Å². The van der Waals surface area contributed by atoms with E-state index in [0.29, 0.717) is 11.9 Å². The van der Waals surface area contributed by atoms with E-state index < -0.39 is 0 Å². The van der Waals surface area contributed by atoms with Gasteiger partial charge in [0.15, 0.2) is 5.82 Å². The zero-order valence-corrected chi connectivity index (χ0v) is 13.4. The lowest BCUT2D eigenvalue weighted by molar-refractivity contribution is 0.0198. The highest BCUT2D eigenvalue weighted by Gasteiger charge is 2.18. The molecule has 1 atom stereocenters. The summed E-state index contributed by atoms with van der Waals surface area (Å²) in [4.78, 5) is 18.1. The third-order valence-electron chi connectivity index (χ3n) is 4.17. The Bertz CT molecular complexity index is 661. The smallest absolute Gasteiger partial charge is 0.288 e. The Morgan fingerprint density at radius 3 is 2.65 bits per heavy atom. The molecule has 1 fully saturated rings. The number of carbonyl (C=O) groups excluding carboxylic acids is 1. The standard InChI is InChI=1S/C16H21N5O2/c1-11(21-7-9-23-10-8-21)12-3-5-13(6-4-12)14-18-15(20-19-14)16(22)17-2/h3-6,11H,7-10H2,1-2H3,(H,17,22)(H,18,19,20). The van der Waals surface area contributed by atoms with Crippen molar-refractivity contribution < 1.29 is 9.53 Å². The number of nitrogens with one attached hydrogen (secondary N) is 2. The monoisotopic (exact) mass is 315 g/mol. The van der Waals surface area contributed by atoms with Gasteiger partial charge in [-0.25, -0.2) is 4.98 Å². The average Bonchev–Trinajstić information content (AvgIpc) is 3.11. The van der Waals surface area contributed by atoms with Crippen LogP contribution < -0.4 is 5.32 Å². The fraction of sp³-hybridized carbons (Fsp3) is 0.438. The Hall–Kier alpha value is -2.25. The molecule has 0 aliphatic carbocycles. The first kappa shape index (κ1) is 15.6. The van der Waals surface area contributed by atoms with Crippen molar-refractivity contribution in [2.24, 2.45) is 0 Å². The molecule has 1 saturated heterocycles. The van der Waals surface area contributed by atoms with E-state index in [1.54, 1.807) is 7.05 Å². The van der Waals surface area contributed by atoms with Gasteiger partial charge in [0, 0.05) is 31.7 Å². The molecule has 7 nitrogen and oxygen atoms in total.